The fourth-order valence-electron chi connectivity index (χ4n) is 3.63. The summed E-state index contributed by atoms with van der Waals surface area (Å²) in [6.45, 7) is 6.54. The van der Waals surface area contributed by atoms with E-state index in [9.17, 15) is 9.90 Å². The average Bonchev–Trinajstić information content (AvgIpc) is 2.78. The number of hydrogen-bond donors (Lipinski definition) is 3. The van der Waals surface area contributed by atoms with Gasteiger partial charge in [-0.05, 0) is 64.1 Å². The number of aromatic nitrogens is 1. The summed E-state index contributed by atoms with van der Waals surface area (Å²) in [4.78, 5) is 17.0. The van der Waals surface area contributed by atoms with Gasteiger partial charge in [0.1, 0.15) is 5.82 Å². The maximum atomic E-state index is 12.7. The van der Waals surface area contributed by atoms with Crippen molar-refractivity contribution in [2.75, 3.05) is 11.1 Å². The van der Waals surface area contributed by atoms with Crippen molar-refractivity contribution < 1.29 is 9.90 Å². The smallest absolute Gasteiger partial charge is 0.257 e. The first kappa shape index (κ1) is 21.5. The van der Waals surface area contributed by atoms with Crippen LogP contribution in [-0.2, 0) is 10.2 Å². The molecule has 0 saturated carbocycles. The third kappa shape index (κ3) is 4.63. The largest absolute Gasteiger partial charge is 0.384 e. The van der Waals surface area contributed by atoms with Crippen molar-refractivity contribution in [2.24, 2.45) is 0 Å². The fourth-order valence-corrected chi connectivity index (χ4v) is 3.63. The van der Waals surface area contributed by atoms with E-state index in [-0.39, 0.29) is 5.41 Å². The highest BCUT2D eigenvalue weighted by atomic mass is 16.3. The van der Waals surface area contributed by atoms with Crippen molar-refractivity contribution in [3.8, 4) is 11.1 Å². The Balaban J connectivity index is 1.52. The minimum Gasteiger partial charge on any atom is -0.384 e. The maximum Gasteiger partial charge on any atom is 0.257 e. The zero-order valence-electron chi connectivity index (χ0n) is 18.5. The third-order valence-electron chi connectivity index (χ3n) is 5.51. The van der Waals surface area contributed by atoms with Crippen molar-refractivity contribution >= 4 is 28.3 Å². The Morgan fingerprint density at radius 2 is 1.69 bits per heavy atom. The maximum absolute atomic E-state index is 12.7. The molecule has 3 aromatic carbocycles. The van der Waals surface area contributed by atoms with Gasteiger partial charge in [0.05, 0.1) is 5.52 Å². The Bertz CT molecular complexity index is 1270. The van der Waals surface area contributed by atoms with E-state index in [0.717, 1.165) is 22.0 Å². The van der Waals surface area contributed by atoms with Crippen molar-refractivity contribution in [3.05, 3.63) is 90.0 Å². The van der Waals surface area contributed by atoms with Gasteiger partial charge in [-0.3, -0.25) is 4.79 Å². The second-order valence-electron chi connectivity index (χ2n) is 8.99. The Hall–Kier alpha value is -3.70. The van der Waals surface area contributed by atoms with Crippen molar-refractivity contribution in [3.63, 3.8) is 0 Å². The number of nitrogen functional groups attached to an aromatic ring is 1. The van der Waals surface area contributed by atoms with Gasteiger partial charge in [-0.2, -0.15) is 0 Å². The molecule has 0 aliphatic rings. The SMILES string of the molecule is CC(C)(C)c1ccc(-c2cccc(C(O)C(=O)Nc3ccc4nc(N)ccc4c3)c2)cc1. The second-order valence-corrected chi connectivity index (χ2v) is 8.99. The number of anilines is 2. The van der Waals surface area contributed by atoms with Gasteiger partial charge in [0.15, 0.2) is 6.10 Å². The minimum absolute atomic E-state index is 0.0834. The minimum atomic E-state index is -1.29. The number of aliphatic hydroxyl groups is 1. The highest BCUT2D eigenvalue weighted by Crippen LogP contribution is 2.28. The molecule has 4 rings (SSSR count). The molecule has 5 nitrogen and oxygen atoms in total. The molecule has 0 spiro atoms. The summed E-state index contributed by atoms with van der Waals surface area (Å²) in [6.07, 6.45) is -1.29. The van der Waals surface area contributed by atoms with Crippen LogP contribution in [0.1, 0.15) is 38.0 Å². The molecule has 5 heteroatoms. The molecule has 0 fully saturated rings. The number of rotatable bonds is 4. The summed E-state index contributed by atoms with van der Waals surface area (Å²) in [5.41, 5.74) is 10.9. The number of pyridine rings is 1. The van der Waals surface area contributed by atoms with E-state index in [1.165, 1.54) is 5.56 Å². The zero-order chi connectivity index (χ0) is 22.9. The predicted molar refractivity (Wildman–Crippen MR) is 130 cm³/mol. The van der Waals surface area contributed by atoms with Gasteiger partial charge in [-0.15, -0.1) is 0 Å². The molecule has 1 heterocycles. The molecule has 0 aliphatic heterocycles. The van der Waals surface area contributed by atoms with Crippen LogP contribution in [-0.4, -0.2) is 16.0 Å². The van der Waals surface area contributed by atoms with Crippen LogP contribution in [0.4, 0.5) is 11.5 Å². The number of aliphatic hydroxyl groups excluding tert-OH is 1. The van der Waals surface area contributed by atoms with Crippen molar-refractivity contribution in [1.29, 1.82) is 0 Å². The zero-order valence-corrected chi connectivity index (χ0v) is 18.5. The Morgan fingerprint density at radius 1 is 0.938 bits per heavy atom. The summed E-state index contributed by atoms with van der Waals surface area (Å²) in [7, 11) is 0. The van der Waals surface area contributed by atoms with E-state index < -0.39 is 12.0 Å². The highest BCUT2D eigenvalue weighted by molar-refractivity contribution is 5.97. The summed E-state index contributed by atoms with van der Waals surface area (Å²) >= 11 is 0. The first-order chi connectivity index (χ1) is 15.2. The Kier molecular flexibility index (Phi) is 5.68. The van der Waals surface area contributed by atoms with Crippen molar-refractivity contribution in [1.82, 2.24) is 4.98 Å². The van der Waals surface area contributed by atoms with Gasteiger partial charge in [-0.1, -0.05) is 63.2 Å². The van der Waals surface area contributed by atoms with E-state index >= 15 is 0 Å². The lowest BCUT2D eigenvalue weighted by Crippen LogP contribution is -2.20. The molecule has 0 bridgehead atoms. The number of hydrogen-bond acceptors (Lipinski definition) is 4. The second kappa shape index (κ2) is 8.44. The van der Waals surface area contributed by atoms with Gasteiger partial charge in [0, 0.05) is 11.1 Å². The summed E-state index contributed by atoms with van der Waals surface area (Å²) < 4.78 is 0. The quantitative estimate of drug-likeness (QED) is 0.405. The molecular formula is C27H27N3O2. The number of amides is 1. The number of benzene rings is 3. The van der Waals surface area contributed by atoms with Gasteiger partial charge < -0.3 is 16.2 Å². The first-order valence-corrected chi connectivity index (χ1v) is 10.6. The first-order valence-electron chi connectivity index (χ1n) is 10.6. The van der Waals surface area contributed by atoms with E-state index in [1.807, 2.05) is 24.3 Å². The van der Waals surface area contributed by atoms with Crippen LogP contribution in [0.5, 0.6) is 0 Å². The lowest BCUT2D eigenvalue weighted by atomic mass is 9.86. The number of carbonyl (C=O) groups is 1. The summed E-state index contributed by atoms with van der Waals surface area (Å²) in [5, 5.41) is 14.3. The van der Waals surface area contributed by atoms with Crippen LogP contribution in [0.15, 0.2) is 78.9 Å². The molecule has 162 valence electrons. The van der Waals surface area contributed by atoms with Crippen LogP contribution in [0.3, 0.4) is 0 Å². The highest BCUT2D eigenvalue weighted by Gasteiger charge is 2.19. The van der Waals surface area contributed by atoms with Gasteiger partial charge in [0.25, 0.3) is 5.91 Å². The molecule has 0 aliphatic carbocycles. The molecule has 0 saturated heterocycles. The van der Waals surface area contributed by atoms with Crippen molar-refractivity contribution in [2.45, 2.75) is 32.3 Å². The normalized spacial score (nSPS) is 12.5. The topological polar surface area (TPSA) is 88.2 Å². The van der Waals surface area contributed by atoms with E-state index in [0.29, 0.717) is 17.1 Å². The van der Waals surface area contributed by atoms with Crippen LogP contribution in [0, 0.1) is 0 Å². The molecule has 4 N–H and O–H groups in total. The lowest BCUT2D eigenvalue weighted by Gasteiger charge is -2.19. The van der Waals surface area contributed by atoms with E-state index in [4.69, 9.17) is 5.73 Å². The molecule has 1 unspecified atom stereocenters. The van der Waals surface area contributed by atoms with Gasteiger partial charge in [0.2, 0.25) is 0 Å². The monoisotopic (exact) mass is 425 g/mol. The molecule has 0 radical (unpaired) electrons. The molecule has 1 atom stereocenters. The van der Waals surface area contributed by atoms with Crippen LogP contribution < -0.4 is 11.1 Å². The average molecular weight is 426 g/mol. The molecular weight excluding hydrogens is 398 g/mol. The fraction of sp³-hybridized carbons (Fsp3) is 0.185. The van der Waals surface area contributed by atoms with Crippen LogP contribution >= 0.6 is 0 Å². The number of nitrogens with two attached hydrogens (primary N) is 1. The number of carbonyl (C=O) groups excluding carboxylic acids is 1. The molecule has 4 aromatic rings. The van der Waals surface area contributed by atoms with Crippen LogP contribution in [0.25, 0.3) is 22.0 Å². The standard InChI is InChI=1S/C27H27N3O2/c1-27(2,3)21-10-7-17(8-11-21)18-5-4-6-20(15-18)25(31)26(32)29-22-12-13-23-19(16-22)9-14-24(28)30-23/h4-16,25,31H,1-3H3,(H2,28,30)(H,29,32). The lowest BCUT2D eigenvalue weighted by molar-refractivity contribution is -0.124. The van der Waals surface area contributed by atoms with Gasteiger partial charge in [-0.25, -0.2) is 4.98 Å². The molecule has 32 heavy (non-hydrogen) atoms. The van der Waals surface area contributed by atoms with E-state index in [1.54, 1.807) is 30.3 Å². The molecule has 1 amide bonds. The van der Waals surface area contributed by atoms with Crippen LogP contribution in [0.2, 0.25) is 0 Å². The van der Waals surface area contributed by atoms with Gasteiger partial charge >= 0.3 is 0 Å². The number of nitrogens with zero attached hydrogens (tertiary/aromatic N) is 1. The van der Waals surface area contributed by atoms with E-state index in [2.05, 4.69) is 55.3 Å². The summed E-state index contributed by atoms with van der Waals surface area (Å²) in [6, 6.07) is 24.7. The predicted octanol–water partition coefficient (Wildman–Crippen LogP) is 5.45. The third-order valence-corrected chi connectivity index (χ3v) is 5.51. The Labute approximate surface area is 187 Å². The molecule has 1 aromatic heterocycles. The number of nitrogens with one attached hydrogen (secondary N) is 1. The summed E-state index contributed by atoms with van der Waals surface area (Å²) in [5.74, 6) is -0.0504. The number of fused-ring (bicyclic) bond motifs is 1. The Morgan fingerprint density at radius 3 is 2.41 bits per heavy atom.